The van der Waals surface area contributed by atoms with Gasteiger partial charge in [-0.3, -0.25) is 14.4 Å². The maximum atomic E-state index is 13.4. The van der Waals surface area contributed by atoms with E-state index in [-0.39, 0.29) is 56.7 Å². The average Bonchev–Trinajstić information content (AvgIpc) is 2.84. The SMILES string of the molecule is CN1CC(=O)N2[C@@H](CCC(=O)O)C(=O)N(Cc3ccccc3)C[C@@H]2N1C(=O)NCc1ccc(F)cc1. The third-order valence-electron chi connectivity index (χ3n) is 6.35. The number of halogens is 1. The van der Waals surface area contributed by atoms with Crippen molar-refractivity contribution < 1.29 is 28.7 Å². The van der Waals surface area contributed by atoms with Crippen LogP contribution in [0.5, 0.6) is 0 Å². The molecule has 10 nitrogen and oxygen atoms in total. The molecule has 0 aliphatic carbocycles. The van der Waals surface area contributed by atoms with Crippen LogP contribution < -0.4 is 5.32 Å². The molecule has 2 heterocycles. The molecule has 0 aromatic heterocycles. The largest absolute Gasteiger partial charge is 0.481 e. The van der Waals surface area contributed by atoms with E-state index in [9.17, 15) is 28.7 Å². The number of amides is 4. The van der Waals surface area contributed by atoms with Gasteiger partial charge in [-0.1, -0.05) is 42.5 Å². The zero-order valence-electron chi connectivity index (χ0n) is 19.8. The van der Waals surface area contributed by atoms with Crippen LogP contribution in [0.25, 0.3) is 0 Å². The number of rotatable bonds is 7. The van der Waals surface area contributed by atoms with Crippen LogP contribution in [0.1, 0.15) is 24.0 Å². The minimum absolute atomic E-state index is 0.0591. The highest BCUT2D eigenvalue weighted by molar-refractivity contribution is 5.91. The van der Waals surface area contributed by atoms with Crippen molar-refractivity contribution in [3.05, 3.63) is 71.5 Å². The van der Waals surface area contributed by atoms with Crippen LogP contribution in [-0.2, 0) is 27.5 Å². The molecule has 0 unspecified atom stereocenters. The maximum Gasteiger partial charge on any atom is 0.334 e. The molecule has 2 aromatic carbocycles. The van der Waals surface area contributed by atoms with Gasteiger partial charge in [-0.15, -0.1) is 0 Å². The number of aliphatic carboxylic acids is 1. The Morgan fingerprint density at radius 1 is 1.06 bits per heavy atom. The van der Waals surface area contributed by atoms with Crippen molar-refractivity contribution in [2.75, 3.05) is 20.1 Å². The van der Waals surface area contributed by atoms with Crippen molar-refractivity contribution in [3.63, 3.8) is 0 Å². The highest BCUT2D eigenvalue weighted by Crippen LogP contribution is 2.29. The van der Waals surface area contributed by atoms with E-state index in [1.807, 2.05) is 30.3 Å². The molecular weight excluding hydrogens is 469 g/mol. The van der Waals surface area contributed by atoms with Gasteiger partial charge in [0, 0.05) is 26.6 Å². The van der Waals surface area contributed by atoms with Crippen LogP contribution in [0, 0.1) is 5.82 Å². The third kappa shape index (κ3) is 5.46. The molecule has 2 aliphatic rings. The number of hydrogen-bond acceptors (Lipinski definition) is 5. The third-order valence-corrected chi connectivity index (χ3v) is 6.35. The summed E-state index contributed by atoms with van der Waals surface area (Å²) in [6.45, 7) is 0.323. The quantitative estimate of drug-likeness (QED) is 0.601. The van der Waals surface area contributed by atoms with E-state index in [0.29, 0.717) is 5.56 Å². The van der Waals surface area contributed by atoms with Gasteiger partial charge in [0.15, 0.2) is 0 Å². The summed E-state index contributed by atoms with van der Waals surface area (Å²) in [7, 11) is 1.61. The number of carbonyl (C=O) groups is 4. The topological polar surface area (TPSA) is 114 Å². The standard InChI is InChI=1S/C25H28FN5O5/c1-28-16-22(32)30-20(11-12-23(33)34)24(35)29(14-18-5-3-2-4-6-18)15-21(30)31(28)25(36)27-13-17-7-9-19(26)10-8-17/h2-10,20-21H,11-16H2,1H3,(H,27,36)(H,33,34)/t20-,21-/m0/s1. The van der Waals surface area contributed by atoms with E-state index in [1.54, 1.807) is 24.1 Å². The molecule has 2 N–H and O–H groups in total. The Bertz CT molecular complexity index is 1130. The summed E-state index contributed by atoms with van der Waals surface area (Å²) in [5.41, 5.74) is 1.57. The number of urea groups is 1. The monoisotopic (exact) mass is 497 g/mol. The minimum atomic E-state index is -1.07. The van der Waals surface area contributed by atoms with Crippen molar-refractivity contribution >= 4 is 23.8 Å². The highest BCUT2D eigenvalue weighted by Gasteiger charge is 2.50. The predicted octanol–water partition coefficient (Wildman–Crippen LogP) is 1.63. The lowest BCUT2D eigenvalue weighted by Crippen LogP contribution is -2.75. The summed E-state index contributed by atoms with van der Waals surface area (Å²) >= 11 is 0. The first-order chi connectivity index (χ1) is 17.2. The normalized spacial score (nSPS) is 20.3. The van der Waals surface area contributed by atoms with Gasteiger partial charge in [-0.05, 0) is 29.7 Å². The Balaban J connectivity index is 1.59. The molecule has 2 aromatic rings. The van der Waals surface area contributed by atoms with Gasteiger partial charge in [0.1, 0.15) is 18.0 Å². The van der Waals surface area contributed by atoms with E-state index in [4.69, 9.17) is 0 Å². The molecular formula is C25H28FN5O5. The summed E-state index contributed by atoms with van der Waals surface area (Å²) in [5.74, 6) is -2.16. The van der Waals surface area contributed by atoms with Crippen LogP contribution in [0.2, 0.25) is 0 Å². The molecule has 0 radical (unpaired) electrons. The van der Waals surface area contributed by atoms with Crippen LogP contribution in [0.15, 0.2) is 54.6 Å². The molecule has 2 fully saturated rings. The Kier molecular flexibility index (Phi) is 7.49. The van der Waals surface area contributed by atoms with Crippen LogP contribution in [0.4, 0.5) is 9.18 Å². The minimum Gasteiger partial charge on any atom is -0.481 e. The number of piperazine rings is 1. The van der Waals surface area contributed by atoms with E-state index in [2.05, 4.69) is 5.32 Å². The predicted molar refractivity (Wildman–Crippen MR) is 126 cm³/mol. The molecule has 0 spiro atoms. The summed E-state index contributed by atoms with van der Waals surface area (Å²) in [6.07, 6.45) is -1.17. The molecule has 190 valence electrons. The second-order valence-electron chi connectivity index (χ2n) is 8.88. The van der Waals surface area contributed by atoms with Gasteiger partial charge in [-0.2, -0.15) is 0 Å². The molecule has 2 atom stereocenters. The van der Waals surface area contributed by atoms with Gasteiger partial charge in [0.25, 0.3) is 0 Å². The van der Waals surface area contributed by atoms with Crippen LogP contribution in [-0.4, -0.2) is 81.1 Å². The first-order valence-corrected chi connectivity index (χ1v) is 11.6. The van der Waals surface area contributed by atoms with E-state index < -0.39 is 24.2 Å². The number of nitrogens with zero attached hydrogens (tertiary/aromatic N) is 4. The number of hydrazine groups is 1. The smallest absolute Gasteiger partial charge is 0.334 e. The number of carbonyl (C=O) groups excluding carboxylic acids is 3. The van der Waals surface area contributed by atoms with Crippen molar-refractivity contribution in [1.29, 1.82) is 0 Å². The van der Waals surface area contributed by atoms with Gasteiger partial charge < -0.3 is 20.2 Å². The van der Waals surface area contributed by atoms with E-state index in [1.165, 1.54) is 27.1 Å². The molecule has 11 heteroatoms. The molecule has 4 amide bonds. The fourth-order valence-electron chi connectivity index (χ4n) is 4.65. The Hall–Kier alpha value is -3.99. The number of hydrogen-bond donors (Lipinski definition) is 2. The highest BCUT2D eigenvalue weighted by atomic mass is 19.1. The Labute approximate surface area is 207 Å². The van der Waals surface area contributed by atoms with E-state index in [0.717, 1.165) is 5.56 Å². The van der Waals surface area contributed by atoms with Crippen molar-refractivity contribution in [2.45, 2.75) is 38.1 Å². The fraction of sp³-hybridized carbons (Fsp3) is 0.360. The second-order valence-corrected chi connectivity index (χ2v) is 8.88. The van der Waals surface area contributed by atoms with Crippen molar-refractivity contribution in [1.82, 2.24) is 25.1 Å². The molecule has 2 saturated heterocycles. The molecule has 36 heavy (non-hydrogen) atoms. The zero-order chi connectivity index (χ0) is 25.8. The van der Waals surface area contributed by atoms with Crippen LogP contribution in [0.3, 0.4) is 0 Å². The maximum absolute atomic E-state index is 13.4. The fourth-order valence-corrected chi connectivity index (χ4v) is 4.65. The van der Waals surface area contributed by atoms with Crippen molar-refractivity contribution in [2.24, 2.45) is 0 Å². The number of fused-ring (bicyclic) bond motifs is 1. The molecule has 0 bridgehead atoms. The van der Waals surface area contributed by atoms with E-state index >= 15 is 0 Å². The first kappa shape index (κ1) is 25.1. The number of carboxylic acids is 1. The zero-order valence-corrected chi connectivity index (χ0v) is 19.8. The van der Waals surface area contributed by atoms with Gasteiger partial charge in [-0.25, -0.2) is 19.2 Å². The number of carboxylic acid groups (broad SMARTS) is 1. The summed E-state index contributed by atoms with van der Waals surface area (Å²) in [4.78, 5) is 54.0. The number of nitrogens with one attached hydrogen (secondary N) is 1. The van der Waals surface area contributed by atoms with Gasteiger partial charge in [0.2, 0.25) is 11.8 Å². The molecule has 2 aliphatic heterocycles. The lowest BCUT2D eigenvalue weighted by atomic mass is 10.0. The number of likely N-dealkylation sites (N-methyl/N-ethyl adjacent to an activating group) is 1. The molecule has 0 saturated carbocycles. The van der Waals surface area contributed by atoms with Gasteiger partial charge in [0.05, 0.1) is 13.1 Å². The Morgan fingerprint density at radius 3 is 2.42 bits per heavy atom. The lowest BCUT2D eigenvalue weighted by molar-refractivity contribution is -0.188. The summed E-state index contributed by atoms with van der Waals surface area (Å²) in [5, 5.41) is 14.9. The average molecular weight is 498 g/mol. The first-order valence-electron chi connectivity index (χ1n) is 11.6. The van der Waals surface area contributed by atoms with Crippen LogP contribution >= 0.6 is 0 Å². The van der Waals surface area contributed by atoms with Crippen molar-refractivity contribution in [3.8, 4) is 0 Å². The number of benzene rings is 2. The van der Waals surface area contributed by atoms with Gasteiger partial charge >= 0.3 is 12.0 Å². The lowest BCUT2D eigenvalue weighted by Gasteiger charge is -2.54. The Morgan fingerprint density at radius 2 is 1.75 bits per heavy atom. The second kappa shape index (κ2) is 10.7. The molecule has 4 rings (SSSR count). The summed E-state index contributed by atoms with van der Waals surface area (Å²) in [6, 6.07) is 13.5. The summed E-state index contributed by atoms with van der Waals surface area (Å²) < 4.78 is 13.2.